The van der Waals surface area contributed by atoms with Gasteiger partial charge in [0.05, 0.1) is 17.7 Å². The molecule has 0 aromatic heterocycles. The molecule has 7 heteroatoms. The second-order valence-corrected chi connectivity index (χ2v) is 7.65. The van der Waals surface area contributed by atoms with Gasteiger partial charge in [-0.25, -0.2) is 4.79 Å². The van der Waals surface area contributed by atoms with Crippen LogP contribution >= 0.6 is 0 Å². The average Bonchev–Trinajstić information content (AvgIpc) is 2.66. The largest absolute Gasteiger partial charge is 0.495 e. The molecule has 0 bridgehead atoms. The van der Waals surface area contributed by atoms with Crippen molar-refractivity contribution >= 4 is 18.7 Å². The molecule has 2 heterocycles. The number of amides is 1. The molecule has 1 atom stereocenters. The summed E-state index contributed by atoms with van der Waals surface area (Å²) in [7, 11) is -0.425. The van der Waals surface area contributed by atoms with E-state index in [0.29, 0.717) is 6.61 Å². The Morgan fingerprint density at radius 2 is 1.96 bits per heavy atom. The molecule has 1 unspecified atom stereocenters. The number of hydrogen-bond acceptors (Lipinski definition) is 4. The highest BCUT2D eigenvalue weighted by atomic mass is 16.7. The summed E-state index contributed by atoms with van der Waals surface area (Å²) in [4.78, 5) is 10.9. The van der Waals surface area contributed by atoms with Gasteiger partial charge in [-0.1, -0.05) is 18.2 Å². The first-order valence-electron chi connectivity index (χ1n) is 8.77. The summed E-state index contributed by atoms with van der Waals surface area (Å²) in [5, 5.41) is 11.3. The molecule has 0 aliphatic carbocycles. The van der Waals surface area contributed by atoms with E-state index < -0.39 is 24.4 Å². The Kier molecular flexibility index (Phi) is 4.83. The highest BCUT2D eigenvalue weighted by Gasteiger charge is 2.52. The van der Waals surface area contributed by atoms with Crippen LogP contribution in [-0.4, -0.2) is 42.7 Å². The zero-order chi connectivity index (χ0) is 18.2. The average molecular weight is 347 g/mol. The summed E-state index contributed by atoms with van der Waals surface area (Å²) < 4.78 is 18.3. The Hall–Kier alpha value is -1.57. The zero-order valence-electron chi connectivity index (χ0n) is 15.3. The van der Waals surface area contributed by atoms with Crippen LogP contribution in [-0.2, 0) is 20.5 Å². The van der Waals surface area contributed by atoms with Gasteiger partial charge in [0.15, 0.2) is 0 Å². The van der Waals surface area contributed by atoms with Gasteiger partial charge in [-0.15, -0.1) is 0 Å². The van der Waals surface area contributed by atoms with Crippen molar-refractivity contribution < 1.29 is 23.9 Å². The van der Waals surface area contributed by atoms with E-state index in [2.05, 4.69) is 5.32 Å². The maximum Gasteiger partial charge on any atom is 0.495 e. The maximum atomic E-state index is 10.9. The number of benzene rings is 1. The molecule has 25 heavy (non-hydrogen) atoms. The van der Waals surface area contributed by atoms with Crippen molar-refractivity contribution in [3.8, 4) is 0 Å². The molecule has 1 aromatic carbocycles. The van der Waals surface area contributed by atoms with Crippen LogP contribution in [0.15, 0.2) is 18.2 Å². The molecule has 0 saturated carbocycles. The van der Waals surface area contributed by atoms with E-state index in [-0.39, 0.29) is 12.6 Å². The van der Waals surface area contributed by atoms with Crippen molar-refractivity contribution in [2.24, 2.45) is 0 Å². The van der Waals surface area contributed by atoms with Crippen molar-refractivity contribution in [2.75, 3.05) is 13.2 Å². The van der Waals surface area contributed by atoms with Gasteiger partial charge in [0.2, 0.25) is 0 Å². The molecule has 2 aliphatic heterocycles. The van der Waals surface area contributed by atoms with Gasteiger partial charge in [0.25, 0.3) is 0 Å². The Labute approximate surface area is 149 Å². The van der Waals surface area contributed by atoms with Crippen LogP contribution in [0.2, 0.25) is 0 Å². The first kappa shape index (κ1) is 18.2. The third-order valence-electron chi connectivity index (χ3n) is 5.43. The van der Waals surface area contributed by atoms with Gasteiger partial charge in [0, 0.05) is 6.61 Å². The topological polar surface area (TPSA) is 77.0 Å². The third-order valence-corrected chi connectivity index (χ3v) is 5.43. The monoisotopic (exact) mass is 347 g/mol. The smallest absolute Gasteiger partial charge is 0.465 e. The van der Waals surface area contributed by atoms with E-state index in [4.69, 9.17) is 19.2 Å². The number of fused-ring (bicyclic) bond motifs is 1. The van der Waals surface area contributed by atoms with E-state index in [1.165, 1.54) is 0 Å². The number of hydrogen-bond donors (Lipinski definition) is 2. The number of carbonyl (C=O) groups is 1. The molecule has 2 N–H and O–H groups in total. The fourth-order valence-corrected chi connectivity index (χ4v) is 3.32. The van der Waals surface area contributed by atoms with Crippen LogP contribution in [0.3, 0.4) is 0 Å². The van der Waals surface area contributed by atoms with Gasteiger partial charge in [-0.3, -0.25) is 0 Å². The standard InChI is InChI=1S/C18H26BNO5/c1-17(2)18(3,4)25-19(24-17)14-9-5-7-13-12(14)8-6-10-23-15(13)11-20-16(21)22/h5,7,9,15,20H,6,8,10-11H2,1-4H3,(H,21,22). The minimum Gasteiger partial charge on any atom is -0.465 e. The van der Waals surface area contributed by atoms with Gasteiger partial charge in [-0.05, 0) is 57.1 Å². The molecule has 0 radical (unpaired) electrons. The minimum absolute atomic E-state index is 0.231. The molecule has 1 amide bonds. The molecular formula is C18H26BNO5. The fraction of sp³-hybridized carbons (Fsp3) is 0.611. The maximum absolute atomic E-state index is 10.9. The molecular weight excluding hydrogens is 321 g/mol. The summed E-state index contributed by atoms with van der Waals surface area (Å²) in [5.41, 5.74) is 2.38. The summed E-state index contributed by atoms with van der Waals surface area (Å²) in [5.74, 6) is 0. The highest BCUT2D eigenvalue weighted by Crippen LogP contribution is 2.37. The number of rotatable bonds is 3. The van der Waals surface area contributed by atoms with E-state index in [0.717, 1.165) is 29.4 Å². The van der Waals surface area contributed by atoms with Crippen LogP contribution in [0.25, 0.3) is 0 Å². The fourth-order valence-electron chi connectivity index (χ4n) is 3.32. The predicted molar refractivity (Wildman–Crippen MR) is 95.2 cm³/mol. The second kappa shape index (κ2) is 6.63. The van der Waals surface area contributed by atoms with Crippen LogP contribution in [0.4, 0.5) is 4.79 Å². The van der Waals surface area contributed by atoms with Crippen molar-refractivity contribution in [1.29, 1.82) is 0 Å². The Morgan fingerprint density at radius 1 is 1.28 bits per heavy atom. The normalized spacial score (nSPS) is 24.5. The molecule has 3 rings (SSSR count). The lowest BCUT2D eigenvalue weighted by Crippen LogP contribution is -2.41. The summed E-state index contributed by atoms with van der Waals surface area (Å²) in [6, 6.07) is 6.00. The van der Waals surface area contributed by atoms with Gasteiger partial charge in [-0.2, -0.15) is 0 Å². The van der Waals surface area contributed by atoms with Crippen molar-refractivity contribution in [1.82, 2.24) is 5.32 Å². The van der Waals surface area contributed by atoms with Crippen LogP contribution in [0.5, 0.6) is 0 Å². The molecule has 1 aromatic rings. The van der Waals surface area contributed by atoms with E-state index in [1.807, 2.05) is 45.9 Å². The number of ether oxygens (including phenoxy) is 1. The Balaban J connectivity index is 1.93. The lowest BCUT2D eigenvalue weighted by Gasteiger charge is -2.32. The molecule has 6 nitrogen and oxygen atoms in total. The summed E-state index contributed by atoms with van der Waals surface area (Å²) >= 11 is 0. The number of nitrogens with one attached hydrogen (secondary N) is 1. The molecule has 136 valence electrons. The SMILES string of the molecule is CC1(C)OB(c2cccc3c2CCCOC3CNC(=O)O)OC1(C)C. The van der Waals surface area contributed by atoms with Crippen molar-refractivity contribution in [3.63, 3.8) is 0 Å². The summed E-state index contributed by atoms with van der Waals surface area (Å²) in [6.45, 7) is 8.99. The zero-order valence-corrected chi connectivity index (χ0v) is 15.3. The van der Waals surface area contributed by atoms with Gasteiger partial charge < -0.3 is 24.5 Å². The van der Waals surface area contributed by atoms with Crippen LogP contribution < -0.4 is 10.8 Å². The number of carboxylic acid groups (broad SMARTS) is 1. The molecule has 1 saturated heterocycles. The van der Waals surface area contributed by atoms with E-state index in [1.54, 1.807) is 0 Å². The molecule has 0 spiro atoms. The first-order valence-corrected chi connectivity index (χ1v) is 8.77. The lowest BCUT2D eigenvalue weighted by atomic mass is 9.73. The lowest BCUT2D eigenvalue weighted by molar-refractivity contribution is 0.00578. The quantitative estimate of drug-likeness (QED) is 0.821. The van der Waals surface area contributed by atoms with E-state index >= 15 is 0 Å². The third kappa shape index (κ3) is 3.54. The highest BCUT2D eigenvalue weighted by molar-refractivity contribution is 6.62. The van der Waals surface area contributed by atoms with Gasteiger partial charge in [0.1, 0.15) is 6.10 Å². The Morgan fingerprint density at radius 3 is 2.60 bits per heavy atom. The summed E-state index contributed by atoms with van der Waals surface area (Å²) in [6.07, 6.45) is 0.402. The predicted octanol–water partition coefficient (Wildman–Crippen LogP) is 2.26. The molecule has 2 aliphatic rings. The van der Waals surface area contributed by atoms with Crippen LogP contribution in [0.1, 0.15) is 51.3 Å². The Bertz CT molecular complexity index is 645. The molecule has 1 fully saturated rings. The van der Waals surface area contributed by atoms with Crippen LogP contribution in [0, 0.1) is 0 Å². The van der Waals surface area contributed by atoms with Crippen molar-refractivity contribution in [3.05, 3.63) is 29.3 Å². The first-order chi connectivity index (χ1) is 11.7. The van der Waals surface area contributed by atoms with Gasteiger partial charge >= 0.3 is 13.2 Å². The van der Waals surface area contributed by atoms with E-state index in [9.17, 15) is 4.79 Å². The minimum atomic E-state index is -1.04. The second-order valence-electron chi connectivity index (χ2n) is 7.65. The van der Waals surface area contributed by atoms with Crippen molar-refractivity contribution in [2.45, 2.75) is 57.8 Å².